The van der Waals surface area contributed by atoms with E-state index < -0.39 is 0 Å². The van der Waals surface area contributed by atoms with Crippen LogP contribution in [0.4, 0.5) is 0 Å². The van der Waals surface area contributed by atoms with E-state index in [0.717, 1.165) is 55.4 Å². The maximum atomic E-state index is 6.24. The van der Waals surface area contributed by atoms with Crippen LogP contribution in [0.1, 0.15) is 18.4 Å². The molecule has 2 heterocycles. The van der Waals surface area contributed by atoms with Crippen molar-refractivity contribution in [3.63, 3.8) is 0 Å². The van der Waals surface area contributed by atoms with Crippen LogP contribution in [-0.2, 0) is 0 Å². The molecule has 1 fully saturated rings. The number of halogens is 1. The Kier molecular flexibility index (Phi) is 3.52. The van der Waals surface area contributed by atoms with Crippen molar-refractivity contribution < 1.29 is 4.74 Å². The lowest BCUT2D eigenvalue weighted by atomic mass is 9.88. The third-order valence-electron chi connectivity index (χ3n) is 4.00. The predicted molar refractivity (Wildman–Crippen MR) is 78.6 cm³/mol. The highest BCUT2D eigenvalue weighted by Gasteiger charge is 2.36. The van der Waals surface area contributed by atoms with Crippen LogP contribution in [0.3, 0.4) is 0 Å². The average Bonchev–Trinajstić information content (AvgIpc) is 2.41. The largest absolute Gasteiger partial charge is 0.482 e. The van der Waals surface area contributed by atoms with E-state index in [4.69, 9.17) is 22.1 Å². The minimum absolute atomic E-state index is 0.150. The molecule has 0 bridgehead atoms. The zero-order valence-electron chi connectivity index (χ0n) is 10.9. The van der Waals surface area contributed by atoms with Crippen LogP contribution < -0.4 is 10.5 Å². The van der Waals surface area contributed by atoms with Gasteiger partial charge in [-0.05, 0) is 24.3 Å². The molecule has 0 radical (unpaired) electrons. The molecule has 3 rings (SSSR count). The summed E-state index contributed by atoms with van der Waals surface area (Å²) in [7, 11) is 0. The molecule has 0 unspecified atom stereocenters. The molecule has 1 aromatic rings. The second-order valence-corrected chi connectivity index (χ2v) is 5.75. The predicted octanol–water partition coefficient (Wildman–Crippen LogP) is 2.54. The first kappa shape index (κ1) is 13.0. The van der Waals surface area contributed by atoms with Crippen molar-refractivity contribution in [2.45, 2.75) is 18.4 Å². The fraction of sp³-hybridized carbons (Fsp3) is 0.467. The molecule has 102 valence electrons. The molecule has 2 N–H and O–H groups in total. The van der Waals surface area contributed by atoms with Gasteiger partial charge < -0.3 is 15.4 Å². The normalized spacial score (nSPS) is 21.2. The van der Waals surface area contributed by atoms with Gasteiger partial charge in [-0.15, -0.1) is 0 Å². The molecule has 0 atom stereocenters. The highest BCUT2D eigenvalue weighted by atomic mass is 35.5. The van der Waals surface area contributed by atoms with E-state index >= 15 is 0 Å². The van der Waals surface area contributed by atoms with Crippen LogP contribution >= 0.6 is 11.6 Å². The van der Waals surface area contributed by atoms with Crippen molar-refractivity contribution in [3.8, 4) is 5.75 Å². The van der Waals surface area contributed by atoms with Crippen molar-refractivity contribution in [2.24, 2.45) is 5.73 Å². The number of nitrogens with two attached hydrogens (primary N) is 1. The third kappa shape index (κ3) is 2.64. The summed E-state index contributed by atoms with van der Waals surface area (Å²) < 4.78 is 6.24. The first-order valence-corrected chi connectivity index (χ1v) is 7.19. The molecule has 1 saturated heterocycles. The molecule has 0 aliphatic carbocycles. The van der Waals surface area contributed by atoms with Gasteiger partial charge >= 0.3 is 0 Å². The van der Waals surface area contributed by atoms with Crippen molar-refractivity contribution >= 4 is 17.7 Å². The Bertz CT molecular complexity index is 493. The van der Waals surface area contributed by atoms with Gasteiger partial charge in [0.1, 0.15) is 11.4 Å². The summed E-state index contributed by atoms with van der Waals surface area (Å²) in [5.41, 5.74) is 6.57. The highest BCUT2D eigenvalue weighted by molar-refractivity contribution is 6.30. The number of ether oxygens (including phenoxy) is 1. The standard InChI is InChI=1S/C15H19ClN2O/c16-13-2-1-12-3-4-15(19-14(12)11-13)5-8-18(9-6-15)10-7-17/h1-4,11H,5-10,17H2. The Balaban J connectivity index is 1.75. The molecule has 19 heavy (non-hydrogen) atoms. The second kappa shape index (κ2) is 5.16. The molecule has 2 aliphatic heterocycles. The van der Waals surface area contributed by atoms with Gasteiger partial charge in [-0.1, -0.05) is 17.7 Å². The van der Waals surface area contributed by atoms with Crippen LogP contribution in [0, 0.1) is 0 Å². The summed E-state index contributed by atoms with van der Waals surface area (Å²) in [5.74, 6) is 0.905. The van der Waals surface area contributed by atoms with Gasteiger partial charge in [-0.25, -0.2) is 0 Å². The van der Waals surface area contributed by atoms with Gasteiger partial charge in [0.05, 0.1) is 0 Å². The molecule has 2 aliphatic rings. The van der Waals surface area contributed by atoms with Crippen molar-refractivity contribution in [2.75, 3.05) is 26.2 Å². The molecule has 0 aromatic heterocycles. The molecule has 3 nitrogen and oxygen atoms in total. The Hall–Kier alpha value is -1.03. The number of likely N-dealkylation sites (tertiary alicyclic amines) is 1. The molecule has 4 heteroatoms. The minimum Gasteiger partial charge on any atom is -0.482 e. The van der Waals surface area contributed by atoms with E-state index in [-0.39, 0.29) is 5.60 Å². The Morgan fingerprint density at radius 1 is 1.32 bits per heavy atom. The number of fused-ring (bicyclic) bond motifs is 1. The molecule has 1 aromatic carbocycles. The average molecular weight is 279 g/mol. The summed E-state index contributed by atoms with van der Waals surface area (Å²) in [6, 6.07) is 5.81. The highest BCUT2D eigenvalue weighted by Crippen LogP contribution is 2.38. The van der Waals surface area contributed by atoms with Crippen LogP contribution in [0.2, 0.25) is 5.02 Å². The fourth-order valence-electron chi connectivity index (χ4n) is 2.84. The van der Waals surface area contributed by atoms with E-state index in [1.165, 1.54) is 0 Å². The lowest BCUT2D eigenvalue weighted by molar-refractivity contribution is 0.0398. The molecule has 1 spiro atoms. The lowest BCUT2D eigenvalue weighted by Crippen LogP contribution is -2.48. The smallest absolute Gasteiger partial charge is 0.130 e. The lowest BCUT2D eigenvalue weighted by Gasteiger charge is -2.41. The summed E-state index contributed by atoms with van der Waals surface area (Å²) in [5, 5.41) is 0.727. The topological polar surface area (TPSA) is 38.5 Å². The summed E-state index contributed by atoms with van der Waals surface area (Å²) in [6.45, 7) is 3.78. The first-order valence-electron chi connectivity index (χ1n) is 6.81. The SMILES string of the molecule is NCCN1CCC2(C=Cc3ccc(Cl)cc3O2)CC1. The van der Waals surface area contributed by atoms with E-state index in [1.54, 1.807) is 0 Å². The van der Waals surface area contributed by atoms with Crippen LogP contribution in [0.5, 0.6) is 5.75 Å². The minimum atomic E-state index is -0.150. The van der Waals surface area contributed by atoms with E-state index in [1.807, 2.05) is 18.2 Å². The van der Waals surface area contributed by atoms with Crippen LogP contribution in [-0.4, -0.2) is 36.7 Å². The van der Waals surface area contributed by atoms with Gasteiger partial charge in [0, 0.05) is 49.6 Å². The second-order valence-electron chi connectivity index (χ2n) is 5.31. The summed E-state index contributed by atoms with van der Waals surface area (Å²) >= 11 is 6.04. The van der Waals surface area contributed by atoms with Gasteiger partial charge in [0.15, 0.2) is 0 Å². The molecule has 0 amide bonds. The Labute approximate surface area is 119 Å². The van der Waals surface area contributed by atoms with Crippen molar-refractivity contribution in [1.29, 1.82) is 0 Å². The number of piperidine rings is 1. The fourth-order valence-corrected chi connectivity index (χ4v) is 3.00. The van der Waals surface area contributed by atoms with Crippen molar-refractivity contribution in [1.82, 2.24) is 4.90 Å². The zero-order valence-corrected chi connectivity index (χ0v) is 11.7. The molecular weight excluding hydrogens is 260 g/mol. The van der Waals surface area contributed by atoms with Crippen LogP contribution in [0.25, 0.3) is 6.08 Å². The number of rotatable bonds is 2. The number of hydrogen-bond donors (Lipinski definition) is 1. The molecular formula is C15H19ClN2O. The van der Waals surface area contributed by atoms with E-state index in [9.17, 15) is 0 Å². The monoisotopic (exact) mass is 278 g/mol. The van der Waals surface area contributed by atoms with Gasteiger partial charge in [-0.3, -0.25) is 0 Å². The van der Waals surface area contributed by atoms with Gasteiger partial charge in [-0.2, -0.15) is 0 Å². The Morgan fingerprint density at radius 3 is 2.84 bits per heavy atom. The third-order valence-corrected chi connectivity index (χ3v) is 4.24. The van der Waals surface area contributed by atoms with E-state index in [2.05, 4.69) is 17.1 Å². The number of hydrogen-bond acceptors (Lipinski definition) is 3. The zero-order chi connectivity index (χ0) is 13.3. The maximum absolute atomic E-state index is 6.24. The number of benzene rings is 1. The van der Waals surface area contributed by atoms with Gasteiger partial charge in [0.25, 0.3) is 0 Å². The first-order chi connectivity index (χ1) is 9.21. The van der Waals surface area contributed by atoms with Gasteiger partial charge in [0.2, 0.25) is 0 Å². The Morgan fingerprint density at radius 2 is 2.11 bits per heavy atom. The summed E-state index contributed by atoms with van der Waals surface area (Å²) in [4.78, 5) is 2.40. The van der Waals surface area contributed by atoms with Crippen LogP contribution in [0.15, 0.2) is 24.3 Å². The molecule has 0 saturated carbocycles. The van der Waals surface area contributed by atoms with E-state index in [0.29, 0.717) is 0 Å². The van der Waals surface area contributed by atoms with Crippen molar-refractivity contribution in [3.05, 3.63) is 34.9 Å². The quantitative estimate of drug-likeness (QED) is 0.904. The maximum Gasteiger partial charge on any atom is 0.130 e. The summed E-state index contributed by atoms with van der Waals surface area (Å²) in [6.07, 6.45) is 6.39. The number of nitrogens with zero attached hydrogens (tertiary/aromatic N) is 1.